The van der Waals surface area contributed by atoms with E-state index in [4.69, 9.17) is 4.74 Å². The van der Waals surface area contributed by atoms with E-state index < -0.39 is 24.4 Å². The Morgan fingerprint density at radius 2 is 1.81 bits per heavy atom. The molecular weight excluding hydrogens is 351 g/mol. The van der Waals surface area contributed by atoms with E-state index in [2.05, 4.69) is 5.32 Å². The van der Waals surface area contributed by atoms with Crippen LogP contribution in [0.1, 0.15) is 22.8 Å². The number of carbonyl (C=O) groups excluding carboxylic acids is 3. The largest absolute Gasteiger partial charge is 0.454 e. The van der Waals surface area contributed by atoms with Gasteiger partial charge in [-0.05, 0) is 36.8 Å². The zero-order valence-electron chi connectivity index (χ0n) is 15.0. The van der Waals surface area contributed by atoms with Crippen LogP contribution in [0, 0.1) is 5.82 Å². The lowest BCUT2D eigenvalue weighted by molar-refractivity contribution is -0.151. The summed E-state index contributed by atoms with van der Waals surface area (Å²) in [6.07, 6.45) is 0. The van der Waals surface area contributed by atoms with Gasteiger partial charge in [0.05, 0.1) is 0 Å². The molecule has 0 unspecified atom stereocenters. The van der Waals surface area contributed by atoms with E-state index in [1.54, 1.807) is 49.4 Å². The van der Waals surface area contributed by atoms with Crippen LogP contribution < -0.4 is 5.32 Å². The SMILES string of the molecule is CCN(Cc1cccc(F)c1)C(=O)COC(=O)CNC(=O)c1ccccc1. The van der Waals surface area contributed by atoms with Crippen molar-refractivity contribution in [2.24, 2.45) is 0 Å². The second-order valence-corrected chi connectivity index (χ2v) is 5.75. The summed E-state index contributed by atoms with van der Waals surface area (Å²) in [6.45, 7) is 1.60. The molecule has 142 valence electrons. The molecule has 7 heteroatoms. The summed E-state index contributed by atoms with van der Waals surface area (Å²) < 4.78 is 18.2. The van der Waals surface area contributed by atoms with Gasteiger partial charge in [-0.1, -0.05) is 30.3 Å². The third-order valence-electron chi connectivity index (χ3n) is 3.78. The lowest BCUT2D eigenvalue weighted by atomic mass is 10.2. The number of nitrogens with zero attached hydrogens (tertiary/aromatic N) is 1. The predicted octanol–water partition coefficient (Wildman–Crippen LogP) is 2.15. The molecule has 0 aliphatic carbocycles. The summed E-state index contributed by atoms with van der Waals surface area (Å²) in [5.74, 6) is -1.89. The van der Waals surface area contributed by atoms with Crippen molar-refractivity contribution in [3.05, 3.63) is 71.5 Å². The highest BCUT2D eigenvalue weighted by Crippen LogP contribution is 2.07. The second-order valence-electron chi connectivity index (χ2n) is 5.75. The first-order chi connectivity index (χ1) is 13.0. The predicted molar refractivity (Wildman–Crippen MR) is 97.2 cm³/mol. The first-order valence-corrected chi connectivity index (χ1v) is 8.50. The number of ether oxygens (including phenoxy) is 1. The molecule has 27 heavy (non-hydrogen) atoms. The average molecular weight is 372 g/mol. The van der Waals surface area contributed by atoms with Crippen molar-refractivity contribution in [2.75, 3.05) is 19.7 Å². The highest BCUT2D eigenvalue weighted by Gasteiger charge is 2.15. The molecule has 0 bridgehead atoms. The van der Waals surface area contributed by atoms with Crippen LogP contribution in [0.4, 0.5) is 4.39 Å². The molecule has 0 fully saturated rings. The Balaban J connectivity index is 1.77. The van der Waals surface area contributed by atoms with E-state index in [9.17, 15) is 18.8 Å². The molecule has 0 saturated heterocycles. The van der Waals surface area contributed by atoms with Crippen molar-refractivity contribution >= 4 is 17.8 Å². The van der Waals surface area contributed by atoms with Gasteiger partial charge < -0.3 is 15.0 Å². The third kappa shape index (κ3) is 6.54. The molecule has 0 saturated carbocycles. The number of likely N-dealkylation sites (N-methyl/N-ethyl adjacent to an activating group) is 1. The van der Waals surface area contributed by atoms with Gasteiger partial charge in [0, 0.05) is 18.7 Å². The maximum atomic E-state index is 13.2. The molecule has 0 spiro atoms. The highest BCUT2D eigenvalue weighted by molar-refractivity contribution is 5.96. The quantitative estimate of drug-likeness (QED) is 0.721. The Kier molecular flexibility index (Phi) is 7.49. The van der Waals surface area contributed by atoms with Gasteiger partial charge in [-0.3, -0.25) is 14.4 Å². The van der Waals surface area contributed by atoms with Crippen LogP contribution in [-0.2, 0) is 20.9 Å². The first kappa shape index (κ1) is 20.1. The fourth-order valence-corrected chi connectivity index (χ4v) is 2.36. The summed E-state index contributed by atoms with van der Waals surface area (Å²) in [6, 6.07) is 14.4. The maximum Gasteiger partial charge on any atom is 0.325 e. The van der Waals surface area contributed by atoms with Crippen molar-refractivity contribution in [3.8, 4) is 0 Å². The number of hydrogen-bond acceptors (Lipinski definition) is 4. The van der Waals surface area contributed by atoms with Crippen LogP contribution in [0.2, 0.25) is 0 Å². The molecule has 2 aromatic carbocycles. The molecule has 2 rings (SSSR count). The monoisotopic (exact) mass is 372 g/mol. The normalized spacial score (nSPS) is 10.1. The molecule has 1 N–H and O–H groups in total. The van der Waals surface area contributed by atoms with E-state index in [0.29, 0.717) is 17.7 Å². The van der Waals surface area contributed by atoms with Gasteiger partial charge in [-0.15, -0.1) is 0 Å². The molecular formula is C20H21FN2O4. The van der Waals surface area contributed by atoms with E-state index in [1.807, 2.05) is 0 Å². The maximum absolute atomic E-state index is 13.2. The lowest BCUT2D eigenvalue weighted by Gasteiger charge is -2.21. The van der Waals surface area contributed by atoms with E-state index in [0.717, 1.165) is 0 Å². The van der Waals surface area contributed by atoms with Crippen LogP contribution in [0.3, 0.4) is 0 Å². The van der Waals surface area contributed by atoms with Crippen LogP contribution in [0.15, 0.2) is 54.6 Å². The molecule has 0 heterocycles. The van der Waals surface area contributed by atoms with Gasteiger partial charge in [0.25, 0.3) is 11.8 Å². The molecule has 0 aromatic heterocycles. The second kappa shape index (κ2) is 10.1. The number of rotatable bonds is 8. The standard InChI is InChI=1S/C20H21FN2O4/c1-2-23(13-15-7-6-10-17(21)11-15)18(24)14-27-19(25)12-22-20(26)16-8-4-3-5-9-16/h3-11H,2,12-14H2,1H3,(H,22,26). The lowest BCUT2D eigenvalue weighted by Crippen LogP contribution is -2.36. The van der Waals surface area contributed by atoms with Crippen molar-refractivity contribution in [3.63, 3.8) is 0 Å². The number of esters is 1. The molecule has 0 aliphatic heterocycles. The number of halogens is 1. The number of hydrogen-bond donors (Lipinski definition) is 1. The first-order valence-electron chi connectivity index (χ1n) is 8.50. The molecule has 6 nitrogen and oxygen atoms in total. The van der Waals surface area contributed by atoms with Crippen LogP contribution >= 0.6 is 0 Å². The summed E-state index contributed by atoms with van der Waals surface area (Å²) in [7, 11) is 0. The van der Waals surface area contributed by atoms with Crippen molar-refractivity contribution in [1.29, 1.82) is 0 Å². The minimum absolute atomic E-state index is 0.218. The Morgan fingerprint density at radius 1 is 1.07 bits per heavy atom. The average Bonchev–Trinajstić information content (AvgIpc) is 2.69. The summed E-state index contributed by atoms with van der Waals surface area (Å²) >= 11 is 0. The van der Waals surface area contributed by atoms with E-state index >= 15 is 0 Å². The summed E-state index contributed by atoms with van der Waals surface area (Å²) in [4.78, 5) is 37.2. The van der Waals surface area contributed by atoms with Crippen molar-refractivity contribution < 1.29 is 23.5 Å². The number of amides is 2. The van der Waals surface area contributed by atoms with Crippen LogP contribution in [-0.4, -0.2) is 42.4 Å². The summed E-state index contributed by atoms with van der Waals surface area (Å²) in [5.41, 5.74) is 1.07. The molecule has 2 aromatic rings. The Morgan fingerprint density at radius 3 is 2.48 bits per heavy atom. The zero-order valence-corrected chi connectivity index (χ0v) is 15.0. The Hall–Kier alpha value is -3.22. The smallest absolute Gasteiger partial charge is 0.325 e. The Labute approximate surface area is 156 Å². The Bertz CT molecular complexity index is 796. The fourth-order valence-electron chi connectivity index (χ4n) is 2.36. The molecule has 2 amide bonds. The molecule has 0 radical (unpaired) electrons. The minimum Gasteiger partial charge on any atom is -0.454 e. The zero-order chi connectivity index (χ0) is 19.6. The van der Waals surface area contributed by atoms with E-state index in [-0.39, 0.29) is 18.9 Å². The van der Waals surface area contributed by atoms with Gasteiger partial charge in [-0.2, -0.15) is 0 Å². The van der Waals surface area contributed by atoms with Gasteiger partial charge in [0.15, 0.2) is 6.61 Å². The number of benzene rings is 2. The molecule has 0 atom stereocenters. The summed E-state index contributed by atoms with van der Waals surface area (Å²) in [5, 5.41) is 2.43. The number of carbonyl (C=O) groups is 3. The topological polar surface area (TPSA) is 75.7 Å². The van der Waals surface area contributed by atoms with Crippen LogP contribution in [0.5, 0.6) is 0 Å². The van der Waals surface area contributed by atoms with Gasteiger partial charge in [0.1, 0.15) is 12.4 Å². The number of nitrogens with one attached hydrogen (secondary N) is 1. The van der Waals surface area contributed by atoms with Gasteiger partial charge >= 0.3 is 5.97 Å². The third-order valence-corrected chi connectivity index (χ3v) is 3.78. The minimum atomic E-state index is -0.713. The molecule has 0 aliphatic rings. The van der Waals surface area contributed by atoms with E-state index in [1.165, 1.54) is 17.0 Å². The highest BCUT2D eigenvalue weighted by atomic mass is 19.1. The van der Waals surface area contributed by atoms with Crippen LogP contribution in [0.25, 0.3) is 0 Å². The fraction of sp³-hybridized carbons (Fsp3) is 0.250. The van der Waals surface area contributed by atoms with Gasteiger partial charge in [-0.25, -0.2) is 4.39 Å². The van der Waals surface area contributed by atoms with Gasteiger partial charge in [0.2, 0.25) is 0 Å². The van der Waals surface area contributed by atoms with Crippen molar-refractivity contribution in [1.82, 2.24) is 10.2 Å². The van der Waals surface area contributed by atoms with Crippen molar-refractivity contribution in [2.45, 2.75) is 13.5 Å².